The van der Waals surface area contributed by atoms with Crippen molar-refractivity contribution in [2.24, 2.45) is 0 Å². The summed E-state index contributed by atoms with van der Waals surface area (Å²) >= 11 is 6.06. The molecule has 6 nitrogen and oxygen atoms in total. The van der Waals surface area contributed by atoms with E-state index >= 15 is 0 Å². The Morgan fingerprint density at radius 1 is 1.23 bits per heavy atom. The van der Waals surface area contributed by atoms with Gasteiger partial charge in [0, 0.05) is 34.5 Å². The Kier molecular flexibility index (Phi) is 7.02. The van der Waals surface area contributed by atoms with Gasteiger partial charge in [-0.15, -0.1) is 0 Å². The van der Waals surface area contributed by atoms with E-state index in [0.717, 1.165) is 22.0 Å². The van der Waals surface area contributed by atoms with Crippen molar-refractivity contribution in [2.75, 3.05) is 13.6 Å². The number of nitrogens with one attached hydrogen (secondary N) is 3. The number of aromatic amines is 1. The molecule has 0 saturated heterocycles. The number of pyridine rings is 1. The van der Waals surface area contributed by atoms with Gasteiger partial charge in [-0.2, -0.15) is 0 Å². The van der Waals surface area contributed by atoms with Gasteiger partial charge in [0.15, 0.2) is 5.78 Å². The van der Waals surface area contributed by atoms with Gasteiger partial charge in [-0.05, 0) is 69.1 Å². The highest BCUT2D eigenvalue weighted by Crippen LogP contribution is 2.25. The van der Waals surface area contributed by atoms with Crippen LogP contribution in [0.25, 0.3) is 10.9 Å². The van der Waals surface area contributed by atoms with E-state index in [9.17, 15) is 9.59 Å². The number of H-pyrrole nitrogens is 1. The number of carbonyl (C=O) groups is 2. The van der Waals surface area contributed by atoms with Gasteiger partial charge in [0.05, 0.1) is 18.1 Å². The number of fused-ring (bicyclic) bond motifs is 1. The van der Waals surface area contributed by atoms with Crippen molar-refractivity contribution in [3.8, 4) is 0 Å². The average Bonchev–Trinajstić information content (AvgIpc) is 3.12. The van der Waals surface area contributed by atoms with Gasteiger partial charge >= 0.3 is 0 Å². The van der Waals surface area contributed by atoms with E-state index in [1.54, 1.807) is 26.4 Å². The summed E-state index contributed by atoms with van der Waals surface area (Å²) in [5.41, 5.74) is 2.09. The summed E-state index contributed by atoms with van der Waals surface area (Å²) in [6.45, 7) is 3.49. The van der Waals surface area contributed by atoms with E-state index in [4.69, 9.17) is 11.6 Å². The molecule has 0 aliphatic carbocycles. The molecule has 3 aromatic rings. The summed E-state index contributed by atoms with van der Waals surface area (Å²) in [5.74, 6) is -0.0127. The van der Waals surface area contributed by atoms with Gasteiger partial charge in [0.2, 0.25) is 0 Å². The first kappa shape index (κ1) is 22.2. The number of halogens is 1. The molecule has 2 atom stereocenters. The summed E-state index contributed by atoms with van der Waals surface area (Å²) in [6, 6.07) is 9.09. The molecule has 0 radical (unpaired) electrons. The highest BCUT2D eigenvalue weighted by Gasteiger charge is 2.32. The molecular weight excluding hydrogens is 400 g/mol. The van der Waals surface area contributed by atoms with Crippen LogP contribution in [0.2, 0.25) is 5.02 Å². The minimum Gasteiger partial charge on any atom is -0.361 e. The zero-order chi connectivity index (χ0) is 21.7. The number of hydrogen-bond donors (Lipinski definition) is 3. The number of aromatic nitrogens is 2. The third-order valence-electron chi connectivity index (χ3n) is 5.63. The molecule has 30 heavy (non-hydrogen) atoms. The van der Waals surface area contributed by atoms with Crippen LogP contribution in [-0.4, -0.2) is 46.7 Å². The van der Waals surface area contributed by atoms with Crippen molar-refractivity contribution < 1.29 is 9.59 Å². The summed E-state index contributed by atoms with van der Waals surface area (Å²) < 4.78 is 0. The minimum absolute atomic E-state index is 0.00694. The zero-order valence-electron chi connectivity index (χ0n) is 17.5. The Hall–Kier alpha value is -2.54. The van der Waals surface area contributed by atoms with Crippen molar-refractivity contribution in [3.63, 3.8) is 0 Å². The molecule has 1 aromatic carbocycles. The highest BCUT2D eigenvalue weighted by atomic mass is 35.5. The van der Waals surface area contributed by atoms with Gasteiger partial charge in [-0.1, -0.05) is 17.7 Å². The second-order valence-corrected chi connectivity index (χ2v) is 8.23. The van der Waals surface area contributed by atoms with Gasteiger partial charge in [0.1, 0.15) is 5.78 Å². The maximum Gasteiger partial charge on any atom is 0.163 e. The second kappa shape index (κ2) is 9.51. The number of carbonyl (C=O) groups excluding carboxylic acids is 2. The third kappa shape index (κ3) is 5.14. The van der Waals surface area contributed by atoms with Crippen LogP contribution in [-0.2, 0) is 22.4 Å². The second-order valence-electron chi connectivity index (χ2n) is 7.79. The average molecular weight is 427 g/mol. The molecule has 0 spiro atoms. The van der Waals surface area contributed by atoms with Gasteiger partial charge in [-0.3, -0.25) is 19.9 Å². The number of likely N-dealkylation sites (N-methyl/N-ethyl adjacent to an activating group) is 1. The lowest BCUT2D eigenvalue weighted by Crippen LogP contribution is -2.54. The first-order chi connectivity index (χ1) is 14.3. The highest BCUT2D eigenvalue weighted by molar-refractivity contribution is 6.31. The molecule has 158 valence electrons. The lowest BCUT2D eigenvalue weighted by molar-refractivity contribution is -0.124. The fraction of sp³-hybridized carbons (Fsp3) is 0.348. The number of rotatable bonds is 10. The molecule has 2 aromatic heterocycles. The fourth-order valence-corrected chi connectivity index (χ4v) is 3.71. The molecular formula is C23H27ClN4O2. The number of ketones is 2. The third-order valence-corrected chi connectivity index (χ3v) is 5.86. The normalized spacial score (nSPS) is 14.4. The number of nitrogens with zero attached hydrogens (tertiary/aromatic N) is 1. The first-order valence-corrected chi connectivity index (χ1v) is 10.3. The van der Waals surface area contributed by atoms with Crippen molar-refractivity contribution >= 4 is 34.1 Å². The van der Waals surface area contributed by atoms with Crippen LogP contribution in [0, 0.1) is 0 Å². The topological polar surface area (TPSA) is 86.9 Å². The van der Waals surface area contributed by atoms with Crippen molar-refractivity contribution in [3.05, 3.63) is 65.1 Å². The largest absolute Gasteiger partial charge is 0.361 e. The van der Waals surface area contributed by atoms with Crippen molar-refractivity contribution in [1.29, 1.82) is 0 Å². The van der Waals surface area contributed by atoms with E-state index in [-0.39, 0.29) is 24.2 Å². The van der Waals surface area contributed by atoms with Crippen LogP contribution in [0.4, 0.5) is 0 Å². The van der Waals surface area contributed by atoms with Crippen LogP contribution >= 0.6 is 11.6 Å². The molecule has 7 heteroatoms. The molecule has 0 aliphatic heterocycles. The van der Waals surface area contributed by atoms with Crippen molar-refractivity contribution in [2.45, 2.75) is 38.3 Å². The minimum atomic E-state index is -0.862. The van der Waals surface area contributed by atoms with Crippen LogP contribution in [0.1, 0.15) is 25.0 Å². The van der Waals surface area contributed by atoms with Gasteiger partial charge in [0.25, 0.3) is 0 Å². The standard InChI is InChI=1S/C23H27ClN4O2/c1-15(29)23(2,12-17-13-27-20-11-18(24)4-5-19(17)20)28-14-22(30)21(25-3)10-16-6-8-26-9-7-16/h4-9,11,13,21,25,27-28H,10,12,14H2,1-3H3/t21-,23?/m0/s1. The Bertz CT molecular complexity index is 1030. The molecule has 0 amide bonds. The lowest BCUT2D eigenvalue weighted by Gasteiger charge is -2.29. The van der Waals surface area contributed by atoms with Gasteiger partial charge < -0.3 is 10.3 Å². The molecule has 3 N–H and O–H groups in total. The summed E-state index contributed by atoms with van der Waals surface area (Å²) in [5, 5.41) is 7.97. The van der Waals surface area contributed by atoms with E-state index in [2.05, 4.69) is 20.6 Å². The van der Waals surface area contributed by atoms with E-state index in [1.807, 2.05) is 43.5 Å². The molecule has 0 aliphatic rings. The molecule has 0 saturated carbocycles. The molecule has 3 rings (SSSR count). The van der Waals surface area contributed by atoms with Crippen LogP contribution in [0.5, 0.6) is 0 Å². The van der Waals surface area contributed by atoms with Crippen molar-refractivity contribution in [1.82, 2.24) is 20.6 Å². The quantitative estimate of drug-likeness (QED) is 0.463. The number of hydrogen-bond acceptors (Lipinski definition) is 5. The molecule has 2 heterocycles. The van der Waals surface area contributed by atoms with E-state index in [1.165, 1.54) is 0 Å². The monoisotopic (exact) mass is 426 g/mol. The fourth-order valence-electron chi connectivity index (χ4n) is 3.53. The zero-order valence-corrected chi connectivity index (χ0v) is 18.2. The first-order valence-electron chi connectivity index (χ1n) is 9.93. The van der Waals surface area contributed by atoms with E-state index < -0.39 is 5.54 Å². The van der Waals surface area contributed by atoms with Gasteiger partial charge in [-0.25, -0.2) is 0 Å². The van der Waals surface area contributed by atoms with Crippen LogP contribution in [0.3, 0.4) is 0 Å². The number of Topliss-reactive ketones (excluding diaryl/α,β-unsaturated/α-hetero) is 2. The summed E-state index contributed by atoms with van der Waals surface area (Å²) in [6.07, 6.45) is 6.36. The Morgan fingerprint density at radius 2 is 1.97 bits per heavy atom. The Balaban J connectivity index is 1.70. The lowest BCUT2D eigenvalue weighted by atomic mass is 9.88. The van der Waals surface area contributed by atoms with Crippen LogP contribution in [0.15, 0.2) is 48.9 Å². The van der Waals surface area contributed by atoms with Crippen LogP contribution < -0.4 is 10.6 Å². The summed E-state index contributed by atoms with van der Waals surface area (Å²) in [4.78, 5) is 32.5. The molecule has 0 fully saturated rings. The molecule has 1 unspecified atom stereocenters. The number of benzene rings is 1. The Labute approximate surface area is 181 Å². The maximum absolute atomic E-state index is 12.8. The molecule has 0 bridgehead atoms. The predicted octanol–water partition coefficient (Wildman–Crippen LogP) is 3.10. The maximum atomic E-state index is 12.8. The summed E-state index contributed by atoms with van der Waals surface area (Å²) in [7, 11) is 1.77. The SMILES string of the molecule is CN[C@@H](Cc1ccncc1)C(=O)CNC(C)(Cc1c[nH]c2cc(Cl)ccc12)C(C)=O. The Morgan fingerprint density at radius 3 is 2.63 bits per heavy atom. The van der Waals surface area contributed by atoms with E-state index in [0.29, 0.717) is 17.9 Å². The predicted molar refractivity (Wildman–Crippen MR) is 120 cm³/mol. The smallest absolute Gasteiger partial charge is 0.163 e.